The van der Waals surface area contributed by atoms with Crippen LogP contribution in [0.5, 0.6) is 0 Å². The largest absolute Gasteiger partial charge is 0.469 e. The van der Waals surface area contributed by atoms with Crippen LogP contribution in [0.2, 0.25) is 0 Å². The maximum atomic E-state index is 11.9. The number of nitrogens with two attached hydrogens (primary N) is 1. The molecule has 0 aliphatic heterocycles. The monoisotopic (exact) mass is 284 g/mol. The van der Waals surface area contributed by atoms with Crippen LogP contribution in [0.4, 0.5) is 0 Å². The Bertz CT molecular complexity index is 307. The molecule has 1 fully saturated rings. The lowest BCUT2D eigenvalue weighted by molar-refractivity contribution is -0.140. The van der Waals surface area contributed by atoms with Gasteiger partial charge in [0.1, 0.15) is 0 Å². The van der Waals surface area contributed by atoms with Crippen molar-refractivity contribution in [3.8, 4) is 0 Å². The minimum Gasteiger partial charge on any atom is -0.469 e. The number of unbranched alkanes of at least 4 members (excludes halogenated alkanes) is 3. The predicted molar refractivity (Wildman–Crippen MR) is 78.0 cm³/mol. The van der Waals surface area contributed by atoms with Crippen LogP contribution in [0.3, 0.4) is 0 Å². The molecule has 1 rings (SSSR count). The minimum atomic E-state index is -0.146. The molecule has 20 heavy (non-hydrogen) atoms. The molecule has 0 aromatic heterocycles. The van der Waals surface area contributed by atoms with Crippen molar-refractivity contribution in [3.05, 3.63) is 0 Å². The molecular formula is C15H28N2O3. The highest BCUT2D eigenvalue weighted by atomic mass is 16.5. The fourth-order valence-electron chi connectivity index (χ4n) is 2.67. The van der Waals surface area contributed by atoms with Crippen LogP contribution in [-0.4, -0.2) is 31.6 Å². The Kier molecular flexibility index (Phi) is 8.26. The summed E-state index contributed by atoms with van der Waals surface area (Å²) < 4.78 is 4.58. The van der Waals surface area contributed by atoms with Gasteiger partial charge in [-0.15, -0.1) is 0 Å². The average molecular weight is 284 g/mol. The molecule has 0 radical (unpaired) electrons. The van der Waals surface area contributed by atoms with Crippen molar-refractivity contribution in [1.29, 1.82) is 0 Å². The number of hydrogen-bond donors (Lipinski definition) is 2. The van der Waals surface area contributed by atoms with Gasteiger partial charge in [-0.2, -0.15) is 0 Å². The second kappa shape index (κ2) is 9.75. The van der Waals surface area contributed by atoms with Gasteiger partial charge in [-0.1, -0.05) is 19.3 Å². The van der Waals surface area contributed by atoms with Gasteiger partial charge >= 0.3 is 5.97 Å². The number of carbonyl (C=O) groups excluding carboxylic acids is 2. The van der Waals surface area contributed by atoms with Crippen molar-refractivity contribution in [1.82, 2.24) is 5.32 Å². The molecule has 0 bridgehead atoms. The van der Waals surface area contributed by atoms with Crippen molar-refractivity contribution in [2.75, 3.05) is 13.7 Å². The quantitative estimate of drug-likeness (QED) is 0.525. The van der Waals surface area contributed by atoms with Crippen LogP contribution in [-0.2, 0) is 14.3 Å². The number of nitrogens with one attached hydrogen (secondary N) is 1. The van der Waals surface area contributed by atoms with Crippen molar-refractivity contribution in [2.45, 2.75) is 63.8 Å². The van der Waals surface area contributed by atoms with Gasteiger partial charge in [0.2, 0.25) is 5.91 Å². The first-order chi connectivity index (χ1) is 9.63. The molecule has 0 aromatic rings. The van der Waals surface area contributed by atoms with Gasteiger partial charge in [0, 0.05) is 24.9 Å². The van der Waals surface area contributed by atoms with Crippen LogP contribution in [0.25, 0.3) is 0 Å². The number of hydrogen-bond acceptors (Lipinski definition) is 4. The Morgan fingerprint density at radius 1 is 1.20 bits per heavy atom. The summed E-state index contributed by atoms with van der Waals surface area (Å²) in [6.07, 6.45) is 8.24. The summed E-state index contributed by atoms with van der Waals surface area (Å²) in [4.78, 5) is 22.8. The topological polar surface area (TPSA) is 81.4 Å². The van der Waals surface area contributed by atoms with Crippen molar-refractivity contribution in [2.24, 2.45) is 11.7 Å². The van der Waals surface area contributed by atoms with Gasteiger partial charge < -0.3 is 15.8 Å². The predicted octanol–water partition coefficient (Wildman–Crippen LogP) is 1.74. The number of esters is 1. The molecule has 0 spiro atoms. The van der Waals surface area contributed by atoms with E-state index in [1.807, 2.05) is 0 Å². The highest BCUT2D eigenvalue weighted by Gasteiger charge is 2.24. The van der Waals surface area contributed by atoms with Crippen LogP contribution in [0.15, 0.2) is 0 Å². The molecule has 1 aliphatic rings. The van der Waals surface area contributed by atoms with Crippen LogP contribution in [0.1, 0.15) is 57.8 Å². The summed E-state index contributed by atoms with van der Waals surface area (Å²) in [5.74, 6) is 0.125. The SMILES string of the molecule is COC(=O)CCCCCCNC(=O)C1CCCC(N)C1. The van der Waals surface area contributed by atoms with Crippen molar-refractivity contribution < 1.29 is 14.3 Å². The van der Waals surface area contributed by atoms with Gasteiger partial charge in [-0.3, -0.25) is 9.59 Å². The lowest BCUT2D eigenvalue weighted by Crippen LogP contribution is -2.38. The average Bonchev–Trinajstić information content (AvgIpc) is 2.45. The molecule has 3 N–H and O–H groups in total. The summed E-state index contributed by atoms with van der Waals surface area (Å²) in [6, 6.07) is 0.192. The summed E-state index contributed by atoms with van der Waals surface area (Å²) in [5.41, 5.74) is 5.89. The van der Waals surface area contributed by atoms with E-state index >= 15 is 0 Å². The van der Waals surface area contributed by atoms with Gasteiger partial charge in [0.25, 0.3) is 0 Å². The summed E-state index contributed by atoms with van der Waals surface area (Å²) in [7, 11) is 1.41. The first kappa shape index (κ1) is 17.0. The smallest absolute Gasteiger partial charge is 0.305 e. The summed E-state index contributed by atoms with van der Waals surface area (Å²) >= 11 is 0. The van der Waals surface area contributed by atoms with E-state index in [1.165, 1.54) is 7.11 Å². The molecule has 5 nitrogen and oxygen atoms in total. The molecule has 0 heterocycles. The maximum absolute atomic E-state index is 11.9. The normalized spacial score (nSPS) is 22.3. The highest BCUT2D eigenvalue weighted by Crippen LogP contribution is 2.23. The fourth-order valence-corrected chi connectivity index (χ4v) is 2.67. The number of rotatable bonds is 8. The first-order valence-electron chi connectivity index (χ1n) is 7.73. The lowest BCUT2D eigenvalue weighted by atomic mass is 9.85. The second-order valence-electron chi connectivity index (χ2n) is 5.65. The van der Waals surface area contributed by atoms with Crippen LogP contribution < -0.4 is 11.1 Å². The molecular weight excluding hydrogens is 256 g/mol. The van der Waals surface area contributed by atoms with Gasteiger partial charge in [-0.05, 0) is 32.1 Å². The number of methoxy groups -OCH3 is 1. The summed E-state index contributed by atoms with van der Waals surface area (Å²) in [6.45, 7) is 0.725. The Balaban J connectivity index is 1.98. The van der Waals surface area contributed by atoms with Crippen molar-refractivity contribution in [3.63, 3.8) is 0 Å². The van der Waals surface area contributed by atoms with E-state index in [-0.39, 0.29) is 23.8 Å². The van der Waals surface area contributed by atoms with E-state index in [0.717, 1.165) is 57.9 Å². The van der Waals surface area contributed by atoms with E-state index in [2.05, 4.69) is 10.1 Å². The van der Waals surface area contributed by atoms with Gasteiger partial charge in [-0.25, -0.2) is 0 Å². The fraction of sp³-hybridized carbons (Fsp3) is 0.867. The molecule has 0 aromatic carbocycles. The molecule has 2 atom stereocenters. The van der Waals surface area contributed by atoms with E-state index < -0.39 is 0 Å². The van der Waals surface area contributed by atoms with Crippen LogP contribution in [0, 0.1) is 5.92 Å². The van der Waals surface area contributed by atoms with E-state index in [0.29, 0.717) is 6.42 Å². The summed E-state index contributed by atoms with van der Waals surface area (Å²) in [5, 5.41) is 3.00. The maximum Gasteiger partial charge on any atom is 0.305 e. The Morgan fingerprint density at radius 2 is 1.95 bits per heavy atom. The third-order valence-corrected chi connectivity index (χ3v) is 3.92. The zero-order valence-corrected chi connectivity index (χ0v) is 12.5. The molecule has 116 valence electrons. The zero-order chi connectivity index (χ0) is 14.8. The van der Waals surface area contributed by atoms with Crippen molar-refractivity contribution >= 4 is 11.9 Å². The Hall–Kier alpha value is -1.10. The minimum absolute atomic E-state index is 0.109. The molecule has 0 saturated heterocycles. The number of amides is 1. The zero-order valence-electron chi connectivity index (χ0n) is 12.5. The Morgan fingerprint density at radius 3 is 2.65 bits per heavy atom. The van der Waals surface area contributed by atoms with E-state index in [9.17, 15) is 9.59 Å². The molecule has 1 amide bonds. The Labute approximate surface area is 121 Å². The number of ether oxygens (including phenoxy) is 1. The lowest BCUT2D eigenvalue weighted by Gasteiger charge is -2.25. The third kappa shape index (κ3) is 6.89. The molecule has 2 unspecified atom stereocenters. The molecule has 1 aliphatic carbocycles. The standard InChI is InChI=1S/C15H28N2O3/c1-20-14(18)9-4-2-3-5-10-17-15(19)12-7-6-8-13(16)11-12/h12-13H,2-11,16H2,1H3,(H,17,19). The first-order valence-corrected chi connectivity index (χ1v) is 7.73. The van der Waals surface area contributed by atoms with Gasteiger partial charge in [0.15, 0.2) is 0 Å². The molecule has 1 saturated carbocycles. The number of carbonyl (C=O) groups is 2. The molecule has 5 heteroatoms. The van der Waals surface area contributed by atoms with E-state index in [4.69, 9.17) is 5.73 Å². The van der Waals surface area contributed by atoms with Crippen LogP contribution >= 0.6 is 0 Å². The second-order valence-corrected chi connectivity index (χ2v) is 5.65. The van der Waals surface area contributed by atoms with E-state index in [1.54, 1.807) is 0 Å². The van der Waals surface area contributed by atoms with Gasteiger partial charge in [0.05, 0.1) is 7.11 Å². The third-order valence-electron chi connectivity index (χ3n) is 3.92. The highest BCUT2D eigenvalue weighted by molar-refractivity contribution is 5.78.